The maximum Gasteiger partial charge on any atom is 0.408 e. The number of ketones is 1. The molecule has 8 heteroatoms. The number of hydrogen-bond donors (Lipinski definition) is 2. The van der Waals surface area contributed by atoms with Gasteiger partial charge in [-0.25, -0.2) is 4.79 Å². The van der Waals surface area contributed by atoms with Crippen molar-refractivity contribution in [1.29, 1.82) is 0 Å². The van der Waals surface area contributed by atoms with Crippen LogP contribution in [-0.4, -0.2) is 41.6 Å². The van der Waals surface area contributed by atoms with E-state index in [1.54, 1.807) is 24.3 Å². The van der Waals surface area contributed by atoms with Crippen molar-refractivity contribution in [2.45, 2.75) is 31.9 Å². The monoisotopic (exact) mass is 503 g/mol. The van der Waals surface area contributed by atoms with E-state index in [2.05, 4.69) is 5.32 Å². The number of rotatable bonds is 13. The highest BCUT2D eigenvalue weighted by atomic mass is 16.5. The number of carboxylic acids is 1. The van der Waals surface area contributed by atoms with Crippen molar-refractivity contribution < 1.29 is 33.8 Å². The number of alkyl carbamates (subject to hydrolysis) is 1. The van der Waals surface area contributed by atoms with Gasteiger partial charge in [0.15, 0.2) is 12.4 Å². The minimum Gasteiger partial charge on any atom is -0.481 e. The Bertz CT molecular complexity index is 1130. The Hall–Kier alpha value is -4.46. The Morgan fingerprint density at radius 2 is 1.19 bits per heavy atom. The first-order chi connectivity index (χ1) is 17.9. The number of hydrogen-bond acceptors (Lipinski definition) is 6. The number of carboxylic acid groups (broad SMARTS) is 1. The largest absolute Gasteiger partial charge is 0.481 e. The molecule has 0 aliphatic carbocycles. The molecular weight excluding hydrogens is 474 g/mol. The summed E-state index contributed by atoms with van der Waals surface area (Å²) in [6.07, 6.45) is -0.800. The van der Waals surface area contributed by atoms with Crippen molar-refractivity contribution in [2.75, 3.05) is 6.61 Å². The van der Waals surface area contributed by atoms with Crippen LogP contribution < -0.4 is 5.32 Å². The van der Waals surface area contributed by atoms with Gasteiger partial charge in [-0.1, -0.05) is 91.0 Å². The number of carbonyl (C=O) groups excluding carboxylic acids is 3. The number of benzene rings is 3. The van der Waals surface area contributed by atoms with Crippen molar-refractivity contribution in [3.05, 3.63) is 108 Å². The summed E-state index contributed by atoms with van der Waals surface area (Å²) in [7, 11) is 0. The quantitative estimate of drug-likeness (QED) is 0.339. The van der Waals surface area contributed by atoms with E-state index in [0.29, 0.717) is 12.8 Å². The van der Waals surface area contributed by atoms with E-state index < -0.39 is 48.8 Å². The van der Waals surface area contributed by atoms with Crippen LogP contribution in [0.5, 0.6) is 0 Å². The lowest BCUT2D eigenvalue weighted by atomic mass is 9.92. The standard InChI is InChI=1S/C29H29NO7/c31-26(25(18-27(32)33)30-29(35)37-19-23-14-8-3-9-15-23)20-36-28(34)24(16-21-10-4-1-5-11-21)17-22-12-6-2-7-13-22/h1-15,24-25H,16-20H2,(H,30,35)(H,32,33). The Morgan fingerprint density at radius 3 is 1.68 bits per heavy atom. The minimum atomic E-state index is -1.41. The van der Waals surface area contributed by atoms with Crippen LogP contribution in [-0.2, 0) is 43.3 Å². The first kappa shape index (κ1) is 27.1. The molecule has 0 bridgehead atoms. The lowest BCUT2D eigenvalue weighted by molar-refractivity contribution is -0.152. The zero-order valence-corrected chi connectivity index (χ0v) is 20.2. The molecular formula is C29H29NO7. The first-order valence-corrected chi connectivity index (χ1v) is 11.9. The summed E-state index contributed by atoms with van der Waals surface area (Å²) in [5.41, 5.74) is 2.62. The Morgan fingerprint density at radius 1 is 0.703 bits per heavy atom. The van der Waals surface area contributed by atoms with Crippen LogP contribution in [0.25, 0.3) is 0 Å². The highest BCUT2D eigenvalue weighted by Crippen LogP contribution is 2.17. The fourth-order valence-corrected chi connectivity index (χ4v) is 3.72. The van der Waals surface area contributed by atoms with Crippen molar-refractivity contribution in [2.24, 2.45) is 5.92 Å². The molecule has 3 aromatic rings. The number of aliphatic carboxylic acids is 1. The maximum atomic E-state index is 13.0. The van der Waals surface area contributed by atoms with Crippen LogP contribution >= 0.6 is 0 Å². The molecule has 0 saturated heterocycles. The van der Waals surface area contributed by atoms with Crippen LogP contribution in [0.2, 0.25) is 0 Å². The normalized spacial score (nSPS) is 11.4. The van der Waals surface area contributed by atoms with Crippen molar-refractivity contribution >= 4 is 23.8 Å². The Kier molecular flexibility index (Phi) is 10.4. The summed E-state index contributed by atoms with van der Waals surface area (Å²) in [6, 6.07) is 26.4. The van der Waals surface area contributed by atoms with E-state index in [-0.39, 0.29) is 6.61 Å². The lowest BCUT2D eigenvalue weighted by Crippen LogP contribution is -2.44. The summed E-state index contributed by atoms with van der Waals surface area (Å²) in [4.78, 5) is 49.2. The molecule has 0 radical (unpaired) electrons. The second kappa shape index (κ2) is 14.2. The number of Topliss-reactive ketones (excluding diaryl/α,β-unsaturated/α-hetero) is 1. The van der Waals surface area contributed by atoms with Crippen molar-refractivity contribution in [1.82, 2.24) is 5.32 Å². The van der Waals surface area contributed by atoms with Gasteiger partial charge in [-0.15, -0.1) is 0 Å². The Labute approximate surface area is 215 Å². The molecule has 3 aromatic carbocycles. The number of carbonyl (C=O) groups is 4. The summed E-state index contributed by atoms with van der Waals surface area (Å²) in [5, 5.41) is 11.5. The summed E-state index contributed by atoms with van der Waals surface area (Å²) in [6.45, 7) is -0.716. The van der Waals surface area contributed by atoms with Crippen LogP contribution in [0.4, 0.5) is 4.79 Å². The molecule has 3 rings (SSSR count). The molecule has 0 heterocycles. The molecule has 0 fully saturated rings. The third-order valence-electron chi connectivity index (χ3n) is 5.61. The van der Waals surface area contributed by atoms with Gasteiger partial charge in [0.1, 0.15) is 12.6 Å². The number of ether oxygens (including phenoxy) is 2. The number of esters is 1. The fraction of sp³-hybridized carbons (Fsp3) is 0.241. The minimum absolute atomic E-state index is 0.0453. The van der Waals surface area contributed by atoms with Gasteiger partial charge in [0.2, 0.25) is 0 Å². The molecule has 192 valence electrons. The zero-order chi connectivity index (χ0) is 26.5. The van der Waals surface area contributed by atoms with Crippen LogP contribution in [0.15, 0.2) is 91.0 Å². The molecule has 0 saturated carbocycles. The third kappa shape index (κ3) is 9.60. The predicted molar refractivity (Wildman–Crippen MR) is 136 cm³/mol. The molecule has 0 aliphatic rings. The average Bonchev–Trinajstić information content (AvgIpc) is 2.91. The molecule has 0 spiro atoms. The van der Waals surface area contributed by atoms with Crippen LogP contribution in [0.1, 0.15) is 23.1 Å². The average molecular weight is 504 g/mol. The third-order valence-corrected chi connectivity index (χ3v) is 5.61. The van der Waals surface area contributed by atoms with Gasteiger partial charge in [-0.05, 0) is 29.5 Å². The SMILES string of the molecule is O=C(O)CC(NC(=O)OCc1ccccc1)C(=O)COC(=O)C(Cc1ccccc1)Cc1ccccc1. The van der Waals surface area contributed by atoms with Gasteiger partial charge < -0.3 is 19.9 Å². The second-order valence-electron chi connectivity index (χ2n) is 8.51. The van der Waals surface area contributed by atoms with Gasteiger partial charge in [-0.2, -0.15) is 0 Å². The molecule has 1 unspecified atom stereocenters. The second-order valence-corrected chi connectivity index (χ2v) is 8.51. The fourth-order valence-electron chi connectivity index (χ4n) is 3.72. The molecule has 1 atom stereocenters. The van der Waals surface area contributed by atoms with Crippen molar-refractivity contribution in [3.63, 3.8) is 0 Å². The lowest BCUT2D eigenvalue weighted by Gasteiger charge is -2.19. The smallest absolute Gasteiger partial charge is 0.408 e. The summed E-state index contributed by atoms with van der Waals surface area (Å²) >= 11 is 0. The number of amides is 1. The van der Waals surface area contributed by atoms with Crippen molar-refractivity contribution in [3.8, 4) is 0 Å². The predicted octanol–water partition coefficient (Wildman–Crippen LogP) is 3.97. The van der Waals surface area contributed by atoms with E-state index in [1.807, 2.05) is 66.7 Å². The van der Waals surface area contributed by atoms with E-state index in [0.717, 1.165) is 16.7 Å². The van der Waals surface area contributed by atoms with Crippen LogP contribution in [0.3, 0.4) is 0 Å². The molecule has 0 aliphatic heterocycles. The van der Waals surface area contributed by atoms with E-state index in [4.69, 9.17) is 9.47 Å². The van der Waals surface area contributed by atoms with Gasteiger partial charge in [0.05, 0.1) is 12.3 Å². The molecule has 37 heavy (non-hydrogen) atoms. The van der Waals surface area contributed by atoms with E-state index in [1.165, 1.54) is 0 Å². The topological polar surface area (TPSA) is 119 Å². The van der Waals surface area contributed by atoms with Gasteiger partial charge in [0, 0.05) is 0 Å². The van der Waals surface area contributed by atoms with E-state index in [9.17, 15) is 24.3 Å². The molecule has 0 aromatic heterocycles. The Balaban J connectivity index is 1.60. The highest BCUT2D eigenvalue weighted by Gasteiger charge is 2.27. The zero-order valence-electron chi connectivity index (χ0n) is 20.2. The highest BCUT2D eigenvalue weighted by molar-refractivity contribution is 5.92. The van der Waals surface area contributed by atoms with E-state index >= 15 is 0 Å². The van der Waals surface area contributed by atoms with Gasteiger partial charge in [-0.3, -0.25) is 14.4 Å². The molecule has 1 amide bonds. The van der Waals surface area contributed by atoms with Gasteiger partial charge >= 0.3 is 18.0 Å². The van der Waals surface area contributed by atoms with Gasteiger partial charge in [0.25, 0.3) is 0 Å². The molecule has 8 nitrogen and oxygen atoms in total. The summed E-state index contributed by atoms with van der Waals surface area (Å²) in [5.74, 6) is -3.18. The molecule has 2 N–H and O–H groups in total. The summed E-state index contributed by atoms with van der Waals surface area (Å²) < 4.78 is 10.4. The maximum absolute atomic E-state index is 13.0. The first-order valence-electron chi connectivity index (χ1n) is 11.9. The number of nitrogens with one attached hydrogen (secondary N) is 1. The van der Waals surface area contributed by atoms with Crippen LogP contribution in [0, 0.1) is 5.92 Å².